The third kappa shape index (κ3) is 2.55. The molecule has 1 N–H and O–H groups in total. The first kappa shape index (κ1) is 10.1. The van der Waals surface area contributed by atoms with Crippen molar-refractivity contribution in [3.8, 4) is 0 Å². The summed E-state index contributed by atoms with van der Waals surface area (Å²) in [4.78, 5) is 11.6. The van der Waals surface area contributed by atoms with Crippen LogP contribution in [0, 0.1) is 13.8 Å². The molecule has 0 atom stereocenters. The van der Waals surface area contributed by atoms with E-state index >= 15 is 0 Å². The molecule has 3 nitrogen and oxygen atoms in total. The van der Waals surface area contributed by atoms with Crippen LogP contribution in [0.4, 0.5) is 0 Å². The number of pyridine rings is 1. The standard InChI is InChI=1S/C12H16N2O/c1-9-4-3-7-14(10(9)2)8-12(15)13-11-5-6-11/h3-4,7,11H,5-6,8H2,1-2H3/p+1. The van der Waals surface area contributed by atoms with Crippen LogP contribution in [0.2, 0.25) is 0 Å². The maximum absolute atomic E-state index is 11.6. The Hall–Kier alpha value is -1.38. The van der Waals surface area contributed by atoms with E-state index < -0.39 is 0 Å². The highest BCUT2D eigenvalue weighted by molar-refractivity contribution is 5.75. The SMILES string of the molecule is Cc1ccc[n+](CC(=O)NC2CC2)c1C. The number of hydrogen-bond acceptors (Lipinski definition) is 1. The van der Waals surface area contributed by atoms with Gasteiger partial charge in [0, 0.05) is 24.6 Å². The lowest BCUT2D eigenvalue weighted by atomic mass is 10.2. The van der Waals surface area contributed by atoms with E-state index in [1.165, 1.54) is 5.56 Å². The van der Waals surface area contributed by atoms with Crippen LogP contribution >= 0.6 is 0 Å². The number of aromatic nitrogens is 1. The molecule has 0 aromatic carbocycles. The van der Waals surface area contributed by atoms with Gasteiger partial charge >= 0.3 is 0 Å². The molecule has 1 fully saturated rings. The lowest BCUT2D eigenvalue weighted by Crippen LogP contribution is -2.45. The third-order valence-corrected chi connectivity index (χ3v) is 2.87. The number of aryl methyl sites for hydroxylation is 1. The van der Waals surface area contributed by atoms with Crippen molar-refractivity contribution in [2.24, 2.45) is 0 Å². The van der Waals surface area contributed by atoms with Crippen LogP contribution in [0.5, 0.6) is 0 Å². The van der Waals surface area contributed by atoms with Gasteiger partial charge in [-0.1, -0.05) is 0 Å². The Labute approximate surface area is 90.1 Å². The van der Waals surface area contributed by atoms with Crippen LogP contribution in [0.3, 0.4) is 0 Å². The van der Waals surface area contributed by atoms with E-state index in [1.807, 2.05) is 23.8 Å². The van der Waals surface area contributed by atoms with E-state index in [0.29, 0.717) is 12.6 Å². The van der Waals surface area contributed by atoms with Crippen LogP contribution < -0.4 is 9.88 Å². The molecule has 15 heavy (non-hydrogen) atoms. The minimum atomic E-state index is 0.121. The minimum Gasteiger partial charge on any atom is -0.348 e. The average Bonchev–Trinajstić information content (AvgIpc) is 2.97. The van der Waals surface area contributed by atoms with Gasteiger partial charge in [-0.2, -0.15) is 4.57 Å². The van der Waals surface area contributed by atoms with E-state index in [9.17, 15) is 4.79 Å². The Morgan fingerprint density at radius 2 is 2.27 bits per heavy atom. The number of nitrogens with one attached hydrogen (secondary N) is 1. The van der Waals surface area contributed by atoms with Crippen molar-refractivity contribution in [1.29, 1.82) is 0 Å². The van der Waals surface area contributed by atoms with Crippen molar-refractivity contribution in [2.75, 3.05) is 0 Å². The van der Waals surface area contributed by atoms with Crippen molar-refractivity contribution in [2.45, 2.75) is 39.3 Å². The van der Waals surface area contributed by atoms with Gasteiger partial charge in [0.2, 0.25) is 6.54 Å². The molecular weight excluding hydrogens is 188 g/mol. The molecule has 0 saturated heterocycles. The molecule has 1 aliphatic carbocycles. The molecule has 0 radical (unpaired) electrons. The molecule has 0 aliphatic heterocycles. The number of nitrogens with zero attached hydrogens (tertiary/aromatic N) is 1. The van der Waals surface area contributed by atoms with Gasteiger partial charge in [0.25, 0.3) is 5.91 Å². The molecule has 1 amide bonds. The number of rotatable bonds is 3. The largest absolute Gasteiger partial charge is 0.348 e. The molecule has 1 aliphatic rings. The van der Waals surface area contributed by atoms with E-state index in [4.69, 9.17) is 0 Å². The predicted molar refractivity (Wildman–Crippen MR) is 57.3 cm³/mol. The first-order valence-corrected chi connectivity index (χ1v) is 5.42. The first-order valence-electron chi connectivity index (χ1n) is 5.42. The third-order valence-electron chi connectivity index (χ3n) is 2.87. The quantitative estimate of drug-likeness (QED) is 0.730. The summed E-state index contributed by atoms with van der Waals surface area (Å²) in [6.45, 7) is 4.54. The fraction of sp³-hybridized carbons (Fsp3) is 0.500. The normalized spacial score (nSPS) is 15.1. The Kier molecular flexibility index (Phi) is 2.71. The fourth-order valence-corrected chi connectivity index (χ4v) is 1.58. The van der Waals surface area contributed by atoms with Gasteiger partial charge in [-0.05, 0) is 25.8 Å². The minimum absolute atomic E-state index is 0.121. The Morgan fingerprint density at radius 3 is 2.93 bits per heavy atom. The van der Waals surface area contributed by atoms with Gasteiger partial charge < -0.3 is 5.32 Å². The summed E-state index contributed by atoms with van der Waals surface area (Å²) < 4.78 is 1.99. The Balaban J connectivity index is 2.02. The van der Waals surface area contributed by atoms with Gasteiger partial charge in [-0.25, -0.2) is 0 Å². The van der Waals surface area contributed by atoms with Crippen LogP contribution in [-0.4, -0.2) is 11.9 Å². The topological polar surface area (TPSA) is 33.0 Å². The zero-order valence-corrected chi connectivity index (χ0v) is 9.29. The molecule has 1 aromatic heterocycles. The highest BCUT2D eigenvalue weighted by Gasteiger charge is 2.25. The molecule has 0 unspecified atom stereocenters. The zero-order chi connectivity index (χ0) is 10.8. The van der Waals surface area contributed by atoms with Crippen LogP contribution in [0.15, 0.2) is 18.3 Å². The summed E-state index contributed by atoms with van der Waals surface area (Å²) in [6.07, 6.45) is 4.24. The summed E-state index contributed by atoms with van der Waals surface area (Å²) in [7, 11) is 0. The predicted octanol–water partition coefficient (Wildman–Crippen LogP) is 0.870. The molecule has 80 valence electrons. The van der Waals surface area contributed by atoms with E-state index in [2.05, 4.69) is 18.3 Å². The lowest BCUT2D eigenvalue weighted by Gasteiger charge is -2.03. The molecular formula is C12H17N2O+. The van der Waals surface area contributed by atoms with Crippen molar-refractivity contribution < 1.29 is 9.36 Å². The second-order valence-corrected chi connectivity index (χ2v) is 4.25. The molecule has 3 heteroatoms. The van der Waals surface area contributed by atoms with Gasteiger partial charge in [0.1, 0.15) is 0 Å². The van der Waals surface area contributed by atoms with Crippen molar-refractivity contribution in [1.82, 2.24) is 5.32 Å². The monoisotopic (exact) mass is 205 g/mol. The molecule has 0 bridgehead atoms. The first-order chi connectivity index (χ1) is 7.16. The van der Waals surface area contributed by atoms with Crippen LogP contribution in [-0.2, 0) is 11.3 Å². The summed E-state index contributed by atoms with van der Waals surface area (Å²) in [5.41, 5.74) is 2.38. The summed E-state index contributed by atoms with van der Waals surface area (Å²) in [6, 6.07) is 4.49. The number of amides is 1. The van der Waals surface area contributed by atoms with Gasteiger partial charge in [0.15, 0.2) is 11.9 Å². The van der Waals surface area contributed by atoms with Crippen molar-refractivity contribution in [3.63, 3.8) is 0 Å². The second-order valence-electron chi connectivity index (χ2n) is 4.25. The summed E-state index contributed by atoms with van der Waals surface area (Å²) >= 11 is 0. The molecule has 2 rings (SSSR count). The van der Waals surface area contributed by atoms with Crippen molar-refractivity contribution in [3.05, 3.63) is 29.6 Å². The zero-order valence-electron chi connectivity index (χ0n) is 9.29. The highest BCUT2D eigenvalue weighted by atomic mass is 16.2. The maximum atomic E-state index is 11.6. The van der Waals surface area contributed by atoms with E-state index in [1.54, 1.807) is 0 Å². The molecule has 1 aromatic rings. The Bertz CT molecular complexity index is 383. The lowest BCUT2D eigenvalue weighted by molar-refractivity contribution is -0.690. The van der Waals surface area contributed by atoms with Crippen molar-refractivity contribution >= 4 is 5.91 Å². The fourth-order valence-electron chi connectivity index (χ4n) is 1.58. The van der Waals surface area contributed by atoms with Crippen LogP contribution in [0.25, 0.3) is 0 Å². The smallest absolute Gasteiger partial charge is 0.286 e. The number of hydrogen-bond donors (Lipinski definition) is 1. The summed E-state index contributed by atoms with van der Waals surface area (Å²) in [5, 5.41) is 2.99. The van der Waals surface area contributed by atoms with E-state index in [-0.39, 0.29) is 5.91 Å². The number of carbonyl (C=O) groups is 1. The van der Waals surface area contributed by atoms with Gasteiger partial charge in [0.05, 0.1) is 0 Å². The highest BCUT2D eigenvalue weighted by Crippen LogP contribution is 2.18. The van der Waals surface area contributed by atoms with Gasteiger partial charge in [-0.15, -0.1) is 0 Å². The molecule has 1 saturated carbocycles. The van der Waals surface area contributed by atoms with E-state index in [0.717, 1.165) is 18.5 Å². The second kappa shape index (κ2) is 4.01. The van der Waals surface area contributed by atoms with Gasteiger partial charge in [-0.3, -0.25) is 4.79 Å². The summed E-state index contributed by atoms with van der Waals surface area (Å²) in [5.74, 6) is 0.121. The number of carbonyl (C=O) groups excluding carboxylic acids is 1. The molecule has 0 spiro atoms. The van der Waals surface area contributed by atoms with Crippen LogP contribution in [0.1, 0.15) is 24.1 Å². The Morgan fingerprint density at radius 1 is 1.53 bits per heavy atom. The average molecular weight is 205 g/mol. The maximum Gasteiger partial charge on any atom is 0.286 e. The molecule has 1 heterocycles.